The number of hydrogen-bond donors (Lipinski definition) is 3. The predicted molar refractivity (Wildman–Crippen MR) is 71.0 cm³/mol. The van der Waals surface area contributed by atoms with Crippen molar-refractivity contribution in [1.29, 1.82) is 0 Å². The van der Waals surface area contributed by atoms with Crippen LogP contribution < -0.4 is 16.4 Å². The van der Waals surface area contributed by atoms with Crippen molar-refractivity contribution in [2.75, 3.05) is 5.32 Å². The van der Waals surface area contributed by atoms with Crippen LogP contribution in [0.25, 0.3) is 11.0 Å². The summed E-state index contributed by atoms with van der Waals surface area (Å²) in [5.41, 5.74) is 1.04. The highest BCUT2D eigenvalue weighted by Crippen LogP contribution is 2.29. The van der Waals surface area contributed by atoms with Crippen LogP contribution in [-0.4, -0.2) is 16.0 Å². The van der Waals surface area contributed by atoms with E-state index in [1.165, 1.54) is 12.8 Å². The molecule has 0 spiro atoms. The van der Waals surface area contributed by atoms with Crippen LogP contribution in [0.3, 0.4) is 0 Å². The van der Waals surface area contributed by atoms with Gasteiger partial charge in [0.15, 0.2) is 0 Å². The minimum absolute atomic E-state index is 0.520. The van der Waals surface area contributed by atoms with Crippen LogP contribution in [0.1, 0.15) is 19.8 Å². The number of H-pyrrole nitrogens is 2. The van der Waals surface area contributed by atoms with Gasteiger partial charge in [0.05, 0.1) is 11.0 Å². The van der Waals surface area contributed by atoms with Gasteiger partial charge in [-0.15, -0.1) is 0 Å². The molecule has 0 unspecified atom stereocenters. The zero-order valence-corrected chi connectivity index (χ0v) is 10.1. The van der Waals surface area contributed by atoms with Crippen LogP contribution in [-0.2, 0) is 0 Å². The Balaban J connectivity index is 1.93. The van der Waals surface area contributed by atoms with Crippen LogP contribution in [0.15, 0.2) is 27.8 Å². The first kappa shape index (κ1) is 11.1. The van der Waals surface area contributed by atoms with Crippen LogP contribution in [0.2, 0.25) is 0 Å². The highest BCUT2D eigenvalue weighted by molar-refractivity contribution is 5.78. The predicted octanol–water partition coefficient (Wildman–Crippen LogP) is 1.43. The van der Waals surface area contributed by atoms with E-state index in [0.717, 1.165) is 11.6 Å². The maximum atomic E-state index is 11.3. The Hall–Kier alpha value is -2.04. The molecule has 5 heteroatoms. The second-order valence-corrected chi connectivity index (χ2v) is 5.09. The van der Waals surface area contributed by atoms with E-state index in [1.807, 2.05) is 12.1 Å². The van der Waals surface area contributed by atoms with Crippen molar-refractivity contribution >= 4 is 16.7 Å². The summed E-state index contributed by atoms with van der Waals surface area (Å²) in [6, 6.07) is 6.10. The zero-order chi connectivity index (χ0) is 12.7. The quantitative estimate of drug-likeness (QED) is 0.700. The first-order chi connectivity index (χ1) is 8.61. The first-order valence-corrected chi connectivity index (χ1v) is 6.15. The van der Waals surface area contributed by atoms with Gasteiger partial charge in [-0.1, -0.05) is 6.92 Å². The number of nitrogens with one attached hydrogen (secondary N) is 3. The minimum atomic E-state index is -0.615. The standard InChI is InChI=1S/C13H15N3O2/c1-7-4-9(5-7)14-8-2-3-10-11(6-8)16-13(18)12(17)15-10/h2-3,6-7,9,14H,4-5H2,1H3,(H,15,17)(H,16,18). The summed E-state index contributed by atoms with van der Waals surface area (Å²) in [6.45, 7) is 2.24. The molecule has 1 heterocycles. The van der Waals surface area contributed by atoms with E-state index >= 15 is 0 Å². The molecule has 0 saturated heterocycles. The Morgan fingerprint density at radius 3 is 2.44 bits per heavy atom. The second-order valence-electron chi connectivity index (χ2n) is 5.09. The van der Waals surface area contributed by atoms with Gasteiger partial charge in [-0.3, -0.25) is 9.59 Å². The summed E-state index contributed by atoms with van der Waals surface area (Å²) in [7, 11) is 0. The molecule has 1 aliphatic rings. The molecular formula is C13H15N3O2. The number of anilines is 1. The molecule has 2 aromatic rings. The average molecular weight is 245 g/mol. The fourth-order valence-corrected chi connectivity index (χ4v) is 2.46. The van der Waals surface area contributed by atoms with Crippen molar-refractivity contribution in [3.8, 4) is 0 Å². The molecule has 3 rings (SSSR count). The van der Waals surface area contributed by atoms with E-state index in [2.05, 4.69) is 22.2 Å². The normalized spacial score (nSPS) is 22.7. The summed E-state index contributed by atoms with van der Waals surface area (Å²) in [5, 5.41) is 3.42. The number of aromatic nitrogens is 2. The SMILES string of the molecule is CC1CC(Nc2ccc3[nH]c(=O)c(=O)[nH]c3c2)C1. The fourth-order valence-electron chi connectivity index (χ4n) is 2.46. The maximum absolute atomic E-state index is 11.3. The molecule has 0 atom stereocenters. The number of hydrogen-bond acceptors (Lipinski definition) is 3. The van der Waals surface area contributed by atoms with Crippen molar-refractivity contribution in [2.45, 2.75) is 25.8 Å². The smallest absolute Gasteiger partial charge is 0.314 e. The maximum Gasteiger partial charge on any atom is 0.314 e. The molecule has 94 valence electrons. The lowest BCUT2D eigenvalue weighted by Crippen LogP contribution is -2.33. The third-order valence-corrected chi connectivity index (χ3v) is 3.47. The van der Waals surface area contributed by atoms with E-state index in [-0.39, 0.29) is 0 Å². The van der Waals surface area contributed by atoms with Gasteiger partial charge in [0.1, 0.15) is 0 Å². The lowest BCUT2D eigenvalue weighted by atomic mass is 9.82. The number of benzene rings is 1. The van der Waals surface area contributed by atoms with E-state index < -0.39 is 11.1 Å². The van der Waals surface area contributed by atoms with E-state index in [0.29, 0.717) is 17.1 Å². The molecule has 0 bridgehead atoms. The molecule has 1 aromatic carbocycles. The minimum Gasteiger partial charge on any atom is -0.382 e. The lowest BCUT2D eigenvalue weighted by Gasteiger charge is -2.34. The van der Waals surface area contributed by atoms with Crippen LogP contribution in [0, 0.1) is 5.92 Å². The molecular weight excluding hydrogens is 230 g/mol. The van der Waals surface area contributed by atoms with Crippen LogP contribution in [0.5, 0.6) is 0 Å². The zero-order valence-electron chi connectivity index (χ0n) is 10.1. The topological polar surface area (TPSA) is 77.8 Å². The van der Waals surface area contributed by atoms with Gasteiger partial charge in [-0.2, -0.15) is 0 Å². The van der Waals surface area contributed by atoms with Crippen molar-refractivity contribution in [1.82, 2.24) is 9.97 Å². The van der Waals surface area contributed by atoms with E-state index in [4.69, 9.17) is 0 Å². The van der Waals surface area contributed by atoms with Crippen molar-refractivity contribution < 1.29 is 0 Å². The van der Waals surface area contributed by atoms with Gasteiger partial charge in [0, 0.05) is 11.7 Å². The van der Waals surface area contributed by atoms with Crippen molar-refractivity contribution in [2.24, 2.45) is 5.92 Å². The molecule has 0 radical (unpaired) electrons. The molecule has 5 nitrogen and oxygen atoms in total. The molecule has 0 aliphatic heterocycles. The number of aromatic amines is 2. The molecule has 18 heavy (non-hydrogen) atoms. The van der Waals surface area contributed by atoms with Gasteiger partial charge < -0.3 is 15.3 Å². The summed E-state index contributed by atoms with van der Waals surface area (Å²) >= 11 is 0. The van der Waals surface area contributed by atoms with Gasteiger partial charge >= 0.3 is 11.1 Å². The van der Waals surface area contributed by atoms with Gasteiger partial charge in [-0.05, 0) is 37.0 Å². The Kier molecular flexibility index (Phi) is 2.47. The Morgan fingerprint density at radius 1 is 1.11 bits per heavy atom. The van der Waals surface area contributed by atoms with Crippen molar-refractivity contribution in [3.63, 3.8) is 0 Å². The summed E-state index contributed by atoms with van der Waals surface area (Å²) < 4.78 is 0. The summed E-state index contributed by atoms with van der Waals surface area (Å²) in [5.74, 6) is 0.791. The Bertz CT molecular complexity index is 695. The number of rotatable bonds is 2. The number of fused-ring (bicyclic) bond motifs is 1. The summed E-state index contributed by atoms with van der Waals surface area (Å²) in [4.78, 5) is 27.6. The van der Waals surface area contributed by atoms with Gasteiger partial charge in [0.2, 0.25) is 0 Å². The van der Waals surface area contributed by atoms with E-state index in [1.54, 1.807) is 6.07 Å². The second kappa shape index (κ2) is 4.01. The molecule has 1 aromatic heterocycles. The van der Waals surface area contributed by atoms with Gasteiger partial charge in [-0.25, -0.2) is 0 Å². The Morgan fingerprint density at radius 2 is 1.78 bits per heavy atom. The average Bonchev–Trinajstić information content (AvgIpc) is 2.29. The monoisotopic (exact) mass is 245 g/mol. The first-order valence-electron chi connectivity index (χ1n) is 6.15. The van der Waals surface area contributed by atoms with Gasteiger partial charge in [0.25, 0.3) is 0 Å². The largest absolute Gasteiger partial charge is 0.382 e. The molecule has 0 amide bonds. The third-order valence-electron chi connectivity index (χ3n) is 3.47. The third kappa shape index (κ3) is 1.92. The molecule has 3 N–H and O–H groups in total. The van der Waals surface area contributed by atoms with Crippen LogP contribution >= 0.6 is 0 Å². The Labute approximate surface area is 103 Å². The highest BCUT2D eigenvalue weighted by Gasteiger charge is 2.24. The van der Waals surface area contributed by atoms with Crippen molar-refractivity contribution in [3.05, 3.63) is 38.9 Å². The lowest BCUT2D eigenvalue weighted by molar-refractivity contribution is 0.309. The summed E-state index contributed by atoms with van der Waals surface area (Å²) in [6.07, 6.45) is 2.36. The molecule has 1 fully saturated rings. The molecule has 1 aliphatic carbocycles. The van der Waals surface area contributed by atoms with E-state index in [9.17, 15) is 9.59 Å². The molecule has 1 saturated carbocycles. The fraction of sp³-hybridized carbons (Fsp3) is 0.385. The highest BCUT2D eigenvalue weighted by atomic mass is 16.2. The van der Waals surface area contributed by atoms with Crippen LogP contribution in [0.4, 0.5) is 5.69 Å².